The fraction of sp³-hybridized carbons (Fsp3) is 0.0833. The Hall–Kier alpha value is -1.99. The van der Waals surface area contributed by atoms with Crippen LogP contribution in [0.15, 0.2) is 45.9 Å². The van der Waals surface area contributed by atoms with E-state index in [0.717, 1.165) is 9.75 Å². The minimum atomic E-state index is -0.525. The van der Waals surface area contributed by atoms with Crippen molar-refractivity contribution in [1.82, 2.24) is 0 Å². The number of oxime groups is 1. The van der Waals surface area contributed by atoms with Crippen molar-refractivity contribution in [2.24, 2.45) is 5.16 Å². The maximum atomic E-state index is 11.1. The molecule has 0 aliphatic carbocycles. The van der Waals surface area contributed by atoms with Crippen LogP contribution in [0.2, 0.25) is 0 Å². The highest BCUT2D eigenvalue weighted by molar-refractivity contribution is 7.11. The van der Waals surface area contributed by atoms with E-state index in [1.54, 1.807) is 6.07 Å². The molecule has 2 aromatic heterocycles. The summed E-state index contributed by atoms with van der Waals surface area (Å²) in [4.78, 5) is 12.2. The Labute approximate surface area is 117 Å². The standard InChI is InChI=1S/C12H10N2O3S2/c15-13-11(7-9-3-1-5-18-9)12(14(16)17)8-10-4-2-6-19-10/h1-6,8,15H,7H2/b12-8+,13-11-. The van der Waals surface area contributed by atoms with Crippen LogP contribution in [0.4, 0.5) is 0 Å². The molecule has 0 amide bonds. The number of thiophene rings is 2. The summed E-state index contributed by atoms with van der Waals surface area (Å²) in [6.45, 7) is 0. The van der Waals surface area contributed by atoms with Gasteiger partial charge >= 0.3 is 0 Å². The van der Waals surface area contributed by atoms with Crippen molar-refractivity contribution in [3.63, 3.8) is 0 Å². The van der Waals surface area contributed by atoms with E-state index in [0.29, 0.717) is 0 Å². The fourth-order valence-corrected chi connectivity index (χ4v) is 2.87. The zero-order chi connectivity index (χ0) is 13.7. The molecule has 0 aliphatic heterocycles. The molecule has 0 fully saturated rings. The van der Waals surface area contributed by atoms with Crippen LogP contribution in [-0.4, -0.2) is 15.8 Å². The molecule has 0 spiro atoms. The van der Waals surface area contributed by atoms with Gasteiger partial charge in [0.05, 0.1) is 4.92 Å². The molecule has 0 atom stereocenters. The number of hydrogen-bond acceptors (Lipinski definition) is 6. The first kappa shape index (κ1) is 13.4. The van der Waals surface area contributed by atoms with Gasteiger partial charge in [0.15, 0.2) is 5.71 Å². The van der Waals surface area contributed by atoms with Gasteiger partial charge in [-0.1, -0.05) is 17.3 Å². The van der Waals surface area contributed by atoms with E-state index < -0.39 is 4.92 Å². The normalized spacial score (nSPS) is 12.6. The Balaban J connectivity index is 2.29. The first-order chi connectivity index (χ1) is 9.20. The molecule has 2 rings (SSSR count). The fourth-order valence-electron chi connectivity index (χ4n) is 1.50. The Morgan fingerprint density at radius 2 is 2.11 bits per heavy atom. The molecule has 0 saturated carbocycles. The maximum absolute atomic E-state index is 11.1. The van der Waals surface area contributed by atoms with Crippen molar-refractivity contribution in [2.45, 2.75) is 6.42 Å². The highest BCUT2D eigenvalue weighted by atomic mass is 32.1. The minimum Gasteiger partial charge on any atom is -0.410 e. The summed E-state index contributed by atoms with van der Waals surface area (Å²) < 4.78 is 0. The Kier molecular flexibility index (Phi) is 4.43. The van der Waals surface area contributed by atoms with Crippen LogP contribution in [0.1, 0.15) is 9.75 Å². The SMILES string of the molecule is O=[N+]([O-])C(=C/c1cccs1)/C(Cc1cccs1)=N\O. The molecule has 19 heavy (non-hydrogen) atoms. The van der Waals surface area contributed by atoms with Crippen molar-refractivity contribution in [1.29, 1.82) is 0 Å². The maximum Gasteiger partial charge on any atom is 0.295 e. The van der Waals surface area contributed by atoms with Gasteiger partial charge in [-0.05, 0) is 22.9 Å². The molecule has 7 heteroatoms. The Bertz CT molecular complexity index is 601. The Morgan fingerprint density at radius 1 is 1.37 bits per heavy atom. The molecule has 1 N–H and O–H groups in total. The molecule has 0 radical (unpaired) electrons. The second-order valence-corrected chi connectivity index (χ2v) is 5.62. The predicted octanol–water partition coefficient (Wildman–Crippen LogP) is 3.50. The van der Waals surface area contributed by atoms with Crippen molar-refractivity contribution in [3.05, 3.63) is 60.6 Å². The van der Waals surface area contributed by atoms with E-state index in [4.69, 9.17) is 5.21 Å². The van der Waals surface area contributed by atoms with Crippen molar-refractivity contribution in [3.8, 4) is 0 Å². The zero-order valence-electron chi connectivity index (χ0n) is 9.72. The van der Waals surface area contributed by atoms with E-state index in [1.165, 1.54) is 28.7 Å². The van der Waals surface area contributed by atoms with Crippen LogP contribution in [0.5, 0.6) is 0 Å². The summed E-state index contributed by atoms with van der Waals surface area (Å²) in [6, 6.07) is 7.28. The lowest BCUT2D eigenvalue weighted by molar-refractivity contribution is -0.413. The molecule has 98 valence electrons. The third-order valence-corrected chi connectivity index (χ3v) is 4.05. The number of hydrogen-bond donors (Lipinski definition) is 1. The number of nitrogens with zero attached hydrogens (tertiary/aromatic N) is 2. The van der Waals surface area contributed by atoms with Gasteiger partial charge in [0.25, 0.3) is 5.70 Å². The van der Waals surface area contributed by atoms with Crippen LogP contribution in [0.25, 0.3) is 6.08 Å². The average molecular weight is 294 g/mol. The highest BCUT2D eigenvalue weighted by Crippen LogP contribution is 2.18. The minimum absolute atomic E-state index is 0.0563. The van der Waals surface area contributed by atoms with Gasteiger partial charge in [-0.3, -0.25) is 10.1 Å². The second-order valence-electron chi connectivity index (χ2n) is 3.60. The average Bonchev–Trinajstić information content (AvgIpc) is 3.06. The molecule has 2 aromatic rings. The monoisotopic (exact) mass is 294 g/mol. The van der Waals surface area contributed by atoms with Crippen molar-refractivity contribution in [2.75, 3.05) is 0 Å². The van der Waals surface area contributed by atoms with Crippen LogP contribution in [-0.2, 0) is 6.42 Å². The largest absolute Gasteiger partial charge is 0.410 e. The summed E-state index contributed by atoms with van der Waals surface area (Å²) in [5, 5.41) is 26.9. The summed E-state index contributed by atoms with van der Waals surface area (Å²) >= 11 is 2.85. The Morgan fingerprint density at radius 3 is 2.63 bits per heavy atom. The number of allylic oxidation sites excluding steroid dienone is 1. The van der Waals surface area contributed by atoms with E-state index in [9.17, 15) is 10.1 Å². The van der Waals surface area contributed by atoms with Gasteiger partial charge in [0, 0.05) is 22.3 Å². The molecular formula is C12H10N2O3S2. The first-order valence-corrected chi connectivity index (χ1v) is 7.10. The van der Waals surface area contributed by atoms with Crippen LogP contribution in [0, 0.1) is 10.1 Å². The van der Waals surface area contributed by atoms with Gasteiger partial charge in [-0.2, -0.15) is 0 Å². The van der Waals surface area contributed by atoms with E-state index in [-0.39, 0.29) is 17.8 Å². The van der Waals surface area contributed by atoms with Crippen molar-refractivity contribution < 1.29 is 10.1 Å². The van der Waals surface area contributed by atoms with Crippen LogP contribution < -0.4 is 0 Å². The smallest absolute Gasteiger partial charge is 0.295 e. The third kappa shape index (κ3) is 3.49. The highest BCUT2D eigenvalue weighted by Gasteiger charge is 2.21. The third-order valence-electron chi connectivity index (χ3n) is 2.36. The number of rotatable bonds is 5. The molecule has 0 aromatic carbocycles. The molecule has 0 aliphatic rings. The summed E-state index contributed by atoms with van der Waals surface area (Å²) in [6.07, 6.45) is 1.67. The van der Waals surface area contributed by atoms with Gasteiger partial charge in [-0.15, -0.1) is 22.7 Å². The molecule has 0 bridgehead atoms. The number of nitro groups is 1. The lowest BCUT2D eigenvalue weighted by Gasteiger charge is -2.00. The molecule has 0 saturated heterocycles. The topological polar surface area (TPSA) is 75.7 Å². The van der Waals surface area contributed by atoms with E-state index in [1.807, 2.05) is 29.0 Å². The predicted molar refractivity (Wildman–Crippen MR) is 76.5 cm³/mol. The van der Waals surface area contributed by atoms with E-state index >= 15 is 0 Å². The quantitative estimate of drug-likeness (QED) is 0.397. The lowest BCUT2D eigenvalue weighted by Crippen LogP contribution is -2.13. The lowest BCUT2D eigenvalue weighted by atomic mass is 10.1. The van der Waals surface area contributed by atoms with Gasteiger partial charge in [0.1, 0.15) is 0 Å². The summed E-state index contributed by atoms with van der Waals surface area (Å²) in [7, 11) is 0. The molecular weight excluding hydrogens is 284 g/mol. The zero-order valence-corrected chi connectivity index (χ0v) is 11.4. The molecule has 2 heterocycles. The van der Waals surface area contributed by atoms with Gasteiger partial charge in [0.2, 0.25) is 0 Å². The van der Waals surface area contributed by atoms with E-state index in [2.05, 4.69) is 5.16 Å². The molecule has 0 unspecified atom stereocenters. The summed E-state index contributed by atoms with van der Waals surface area (Å²) in [5.74, 6) is 0. The molecule has 5 nitrogen and oxygen atoms in total. The van der Waals surface area contributed by atoms with Crippen LogP contribution in [0.3, 0.4) is 0 Å². The van der Waals surface area contributed by atoms with Crippen molar-refractivity contribution >= 4 is 34.5 Å². The van der Waals surface area contributed by atoms with Gasteiger partial charge in [-0.25, -0.2) is 0 Å². The van der Waals surface area contributed by atoms with Crippen LogP contribution >= 0.6 is 22.7 Å². The van der Waals surface area contributed by atoms with Gasteiger partial charge < -0.3 is 5.21 Å². The summed E-state index contributed by atoms with van der Waals surface area (Å²) in [5.41, 5.74) is -0.126. The first-order valence-electron chi connectivity index (χ1n) is 5.34. The second kappa shape index (κ2) is 6.26.